The molecule has 20 heavy (non-hydrogen) atoms. The van der Waals surface area contributed by atoms with E-state index in [0.29, 0.717) is 12.4 Å². The van der Waals surface area contributed by atoms with Crippen LogP contribution in [0, 0.1) is 5.82 Å². The highest BCUT2D eigenvalue weighted by Gasteiger charge is 2.11. The Morgan fingerprint density at radius 3 is 2.65 bits per heavy atom. The molecular formula is C15H13ClFNO2. The van der Waals surface area contributed by atoms with Crippen molar-refractivity contribution < 1.29 is 14.3 Å². The van der Waals surface area contributed by atoms with E-state index in [1.54, 1.807) is 0 Å². The molecule has 5 heteroatoms. The van der Waals surface area contributed by atoms with Gasteiger partial charge in [0.05, 0.1) is 5.56 Å². The summed E-state index contributed by atoms with van der Waals surface area (Å²) in [5.74, 6) is -1.02. The number of phenolic OH excluding ortho intramolecular Hbond substituents is 1. The molecule has 1 amide bonds. The summed E-state index contributed by atoms with van der Waals surface area (Å²) >= 11 is 5.74. The van der Waals surface area contributed by atoms with Gasteiger partial charge < -0.3 is 10.4 Å². The largest absolute Gasteiger partial charge is 0.507 e. The van der Waals surface area contributed by atoms with Gasteiger partial charge in [-0.3, -0.25) is 4.79 Å². The van der Waals surface area contributed by atoms with Crippen LogP contribution in [0.3, 0.4) is 0 Å². The Kier molecular flexibility index (Phi) is 4.58. The van der Waals surface area contributed by atoms with Crippen LogP contribution in [-0.2, 0) is 12.4 Å². The van der Waals surface area contributed by atoms with Crippen LogP contribution < -0.4 is 5.32 Å². The number of carbonyl (C=O) groups is 1. The lowest BCUT2D eigenvalue weighted by Gasteiger charge is -2.08. The maximum atomic E-state index is 12.8. The number of carbonyl (C=O) groups excluding carboxylic acids is 1. The molecule has 2 aromatic rings. The first-order chi connectivity index (χ1) is 9.60. The van der Waals surface area contributed by atoms with Gasteiger partial charge in [0.1, 0.15) is 11.6 Å². The van der Waals surface area contributed by atoms with E-state index in [1.807, 2.05) is 24.3 Å². The molecule has 0 aromatic heterocycles. The topological polar surface area (TPSA) is 49.3 Å². The number of aromatic hydroxyl groups is 1. The zero-order chi connectivity index (χ0) is 14.5. The molecule has 0 unspecified atom stereocenters. The summed E-state index contributed by atoms with van der Waals surface area (Å²) in [5.41, 5.74) is 1.90. The lowest BCUT2D eigenvalue weighted by atomic mass is 10.1. The predicted octanol–water partition coefficient (Wildman–Crippen LogP) is 3.20. The summed E-state index contributed by atoms with van der Waals surface area (Å²) in [6, 6.07) is 10.8. The fourth-order valence-corrected chi connectivity index (χ4v) is 1.96. The zero-order valence-corrected chi connectivity index (χ0v) is 11.3. The number of phenols is 1. The number of nitrogens with one attached hydrogen (secondary N) is 1. The molecule has 0 radical (unpaired) electrons. The van der Waals surface area contributed by atoms with Gasteiger partial charge in [-0.05, 0) is 23.3 Å². The van der Waals surface area contributed by atoms with Gasteiger partial charge in [-0.2, -0.15) is 0 Å². The van der Waals surface area contributed by atoms with E-state index >= 15 is 0 Å². The van der Waals surface area contributed by atoms with Crippen LogP contribution >= 0.6 is 11.6 Å². The zero-order valence-electron chi connectivity index (χ0n) is 10.6. The van der Waals surface area contributed by atoms with Crippen LogP contribution in [0.15, 0.2) is 42.5 Å². The molecule has 0 bridgehead atoms. The van der Waals surface area contributed by atoms with Crippen molar-refractivity contribution in [3.63, 3.8) is 0 Å². The molecule has 3 nitrogen and oxygen atoms in total. The molecule has 0 aliphatic rings. The normalized spacial score (nSPS) is 10.3. The van der Waals surface area contributed by atoms with Crippen LogP contribution in [-0.4, -0.2) is 11.0 Å². The van der Waals surface area contributed by atoms with Gasteiger partial charge in [0.25, 0.3) is 5.91 Å². The quantitative estimate of drug-likeness (QED) is 0.851. The molecule has 2 aromatic carbocycles. The fourth-order valence-electron chi connectivity index (χ4n) is 1.80. The number of hydrogen-bond acceptors (Lipinski definition) is 2. The van der Waals surface area contributed by atoms with E-state index in [4.69, 9.17) is 11.6 Å². The highest BCUT2D eigenvalue weighted by atomic mass is 35.5. The summed E-state index contributed by atoms with van der Waals surface area (Å²) in [7, 11) is 0. The summed E-state index contributed by atoms with van der Waals surface area (Å²) in [6.45, 7) is 0.306. The van der Waals surface area contributed by atoms with Crippen molar-refractivity contribution in [1.82, 2.24) is 5.32 Å². The SMILES string of the molecule is O=C(NCc1cccc(CCl)c1)c1ccc(F)cc1O. The lowest BCUT2D eigenvalue weighted by Crippen LogP contribution is -2.22. The first kappa shape index (κ1) is 14.3. The van der Waals surface area contributed by atoms with Gasteiger partial charge in [-0.1, -0.05) is 24.3 Å². The second kappa shape index (κ2) is 6.39. The minimum absolute atomic E-state index is 0.0416. The molecule has 0 fully saturated rings. The van der Waals surface area contributed by atoms with E-state index in [0.717, 1.165) is 23.3 Å². The number of benzene rings is 2. The van der Waals surface area contributed by atoms with E-state index in [1.165, 1.54) is 6.07 Å². The molecule has 0 heterocycles. The van der Waals surface area contributed by atoms with Gasteiger partial charge in [-0.15, -0.1) is 11.6 Å². The summed E-state index contributed by atoms with van der Waals surface area (Å²) in [5, 5.41) is 12.2. The van der Waals surface area contributed by atoms with Gasteiger partial charge >= 0.3 is 0 Å². The number of amides is 1. The maximum Gasteiger partial charge on any atom is 0.255 e. The number of alkyl halides is 1. The van der Waals surface area contributed by atoms with Crippen LogP contribution in [0.5, 0.6) is 5.75 Å². The highest BCUT2D eigenvalue weighted by Crippen LogP contribution is 2.18. The Labute approximate surface area is 121 Å². The van der Waals surface area contributed by atoms with Crippen molar-refractivity contribution in [2.24, 2.45) is 0 Å². The third-order valence-corrected chi connectivity index (χ3v) is 3.11. The Bertz CT molecular complexity index is 631. The van der Waals surface area contributed by atoms with Gasteiger partial charge in [0.15, 0.2) is 0 Å². The van der Waals surface area contributed by atoms with Crippen LogP contribution in [0.4, 0.5) is 4.39 Å². The lowest BCUT2D eigenvalue weighted by molar-refractivity contribution is 0.0948. The maximum absolute atomic E-state index is 12.8. The van der Waals surface area contributed by atoms with E-state index in [-0.39, 0.29) is 11.3 Å². The number of halogens is 2. The van der Waals surface area contributed by atoms with E-state index in [9.17, 15) is 14.3 Å². The van der Waals surface area contributed by atoms with Crippen molar-refractivity contribution in [1.29, 1.82) is 0 Å². The second-order valence-electron chi connectivity index (χ2n) is 4.30. The summed E-state index contributed by atoms with van der Waals surface area (Å²) in [4.78, 5) is 11.9. The molecule has 0 saturated heterocycles. The molecule has 2 N–H and O–H groups in total. The monoisotopic (exact) mass is 293 g/mol. The van der Waals surface area contributed by atoms with E-state index in [2.05, 4.69) is 5.32 Å². The van der Waals surface area contributed by atoms with Gasteiger partial charge in [-0.25, -0.2) is 4.39 Å². The van der Waals surface area contributed by atoms with Crippen LogP contribution in [0.2, 0.25) is 0 Å². The minimum atomic E-state index is -0.589. The molecule has 0 aliphatic carbocycles. The molecule has 0 atom stereocenters. The number of rotatable bonds is 4. The van der Waals surface area contributed by atoms with Crippen LogP contribution in [0.25, 0.3) is 0 Å². The molecule has 0 spiro atoms. The number of hydrogen-bond donors (Lipinski definition) is 2. The summed E-state index contributed by atoms with van der Waals surface area (Å²) < 4.78 is 12.8. The van der Waals surface area contributed by atoms with Gasteiger partial charge in [0.2, 0.25) is 0 Å². The van der Waals surface area contributed by atoms with Crippen molar-refractivity contribution >= 4 is 17.5 Å². The smallest absolute Gasteiger partial charge is 0.255 e. The predicted molar refractivity (Wildman–Crippen MR) is 75.2 cm³/mol. The molecule has 104 valence electrons. The molecule has 2 rings (SSSR count). The summed E-state index contributed by atoms with van der Waals surface area (Å²) in [6.07, 6.45) is 0. The average Bonchev–Trinajstić information content (AvgIpc) is 2.45. The third-order valence-electron chi connectivity index (χ3n) is 2.80. The second-order valence-corrected chi connectivity index (χ2v) is 4.56. The Morgan fingerprint density at radius 1 is 1.20 bits per heavy atom. The molecule has 0 aliphatic heterocycles. The standard InChI is InChI=1S/C15H13ClFNO2/c16-8-10-2-1-3-11(6-10)9-18-15(20)13-5-4-12(17)7-14(13)19/h1-7,19H,8-9H2,(H,18,20). The Balaban J connectivity index is 2.04. The molecular weight excluding hydrogens is 281 g/mol. The Morgan fingerprint density at radius 2 is 1.95 bits per heavy atom. The minimum Gasteiger partial charge on any atom is -0.507 e. The van der Waals surface area contributed by atoms with Crippen molar-refractivity contribution in [2.45, 2.75) is 12.4 Å². The van der Waals surface area contributed by atoms with Crippen molar-refractivity contribution in [3.05, 3.63) is 65.0 Å². The average molecular weight is 294 g/mol. The fraction of sp³-hybridized carbons (Fsp3) is 0.133. The highest BCUT2D eigenvalue weighted by molar-refractivity contribution is 6.17. The van der Waals surface area contributed by atoms with Crippen molar-refractivity contribution in [3.8, 4) is 5.75 Å². The first-order valence-electron chi connectivity index (χ1n) is 6.00. The third kappa shape index (κ3) is 3.48. The first-order valence-corrected chi connectivity index (χ1v) is 6.54. The van der Waals surface area contributed by atoms with Crippen LogP contribution in [0.1, 0.15) is 21.5 Å². The Hall–Kier alpha value is -2.07. The van der Waals surface area contributed by atoms with E-state index < -0.39 is 11.7 Å². The van der Waals surface area contributed by atoms with Crippen molar-refractivity contribution in [2.75, 3.05) is 0 Å². The van der Waals surface area contributed by atoms with Gasteiger partial charge in [0, 0.05) is 18.5 Å². The molecule has 0 saturated carbocycles.